The minimum Gasteiger partial charge on any atom is -0.394 e. The highest BCUT2D eigenvalue weighted by Gasteiger charge is 2.56. The van der Waals surface area contributed by atoms with Gasteiger partial charge in [-0.3, -0.25) is 0 Å². The van der Waals surface area contributed by atoms with Gasteiger partial charge in [-0.05, 0) is 30.9 Å². The molecule has 0 amide bonds. The quantitative estimate of drug-likeness (QED) is 0.620. The Hall–Kier alpha value is -1.40. The van der Waals surface area contributed by atoms with E-state index in [-0.39, 0.29) is 6.92 Å². The van der Waals surface area contributed by atoms with Gasteiger partial charge in [0.2, 0.25) is 5.67 Å². The molecule has 0 aromatic heterocycles. The normalized spacial score (nSPS) is 15.6. The first-order valence-electron chi connectivity index (χ1n) is 5.87. The highest BCUT2D eigenvalue weighted by atomic mass is 19.4. The van der Waals surface area contributed by atoms with Crippen LogP contribution in [-0.4, -0.2) is 6.18 Å². The third kappa shape index (κ3) is 2.33. The predicted octanol–water partition coefficient (Wildman–Crippen LogP) is 4.73. The minimum atomic E-state index is -5.30. The molecule has 0 spiro atoms. The van der Waals surface area contributed by atoms with Crippen molar-refractivity contribution >= 4 is 5.69 Å². The molecule has 1 aromatic rings. The molecule has 1 aromatic carbocycles. The van der Waals surface area contributed by atoms with Crippen LogP contribution in [0.2, 0.25) is 0 Å². The molecular formula is C13H15F6N. The Balaban J connectivity index is 3.88. The fraction of sp³-hybridized carbons (Fsp3) is 0.538. The zero-order valence-corrected chi connectivity index (χ0v) is 11.4. The molecule has 0 aliphatic carbocycles. The molecule has 1 rings (SSSR count). The molecule has 1 atom stereocenters. The fourth-order valence-electron chi connectivity index (χ4n) is 2.15. The van der Waals surface area contributed by atoms with Gasteiger partial charge in [-0.2, -0.15) is 13.2 Å². The molecule has 1 unspecified atom stereocenters. The first-order valence-corrected chi connectivity index (χ1v) is 5.87. The summed E-state index contributed by atoms with van der Waals surface area (Å²) in [5.41, 5.74) is -1.80. The van der Waals surface area contributed by atoms with Gasteiger partial charge in [-0.1, -0.05) is 13.8 Å². The molecule has 0 bridgehead atoms. The van der Waals surface area contributed by atoms with Gasteiger partial charge in [0.1, 0.15) is 5.69 Å². The van der Waals surface area contributed by atoms with Gasteiger partial charge in [0.25, 0.3) is 0 Å². The molecule has 0 saturated carbocycles. The molecule has 20 heavy (non-hydrogen) atoms. The van der Waals surface area contributed by atoms with E-state index in [1.807, 2.05) is 0 Å². The number of hydrogen-bond donors (Lipinski definition) is 1. The summed E-state index contributed by atoms with van der Waals surface area (Å²) in [4.78, 5) is 0. The number of nitrogens with two attached hydrogens (primary N) is 1. The lowest BCUT2D eigenvalue weighted by atomic mass is 9.83. The maximum absolute atomic E-state index is 14.2. The van der Waals surface area contributed by atoms with Gasteiger partial charge in [-0.15, -0.1) is 0 Å². The first-order chi connectivity index (χ1) is 8.84. The summed E-state index contributed by atoms with van der Waals surface area (Å²) in [5.74, 6) is -3.50. The second-order valence-electron chi connectivity index (χ2n) is 5.11. The standard InChI is InChI=1S/C13H15F6N/c1-5(2)7-8(12(4,16)13(17,18)19)6(3)9(14)11(20)10(7)15/h5H,20H2,1-4H3. The molecule has 0 saturated heterocycles. The number of halogens is 6. The summed E-state index contributed by atoms with van der Waals surface area (Å²) < 4.78 is 80.5. The number of rotatable bonds is 2. The zero-order valence-electron chi connectivity index (χ0n) is 11.4. The van der Waals surface area contributed by atoms with Crippen molar-refractivity contribution in [2.75, 3.05) is 5.73 Å². The van der Waals surface area contributed by atoms with Gasteiger partial charge in [0.15, 0.2) is 11.6 Å². The van der Waals surface area contributed by atoms with Gasteiger partial charge in [0, 0.05) is 5.56 Å². The van der Waals surface area contributed by atoms with E-state index in [4.69, 9.17) is 5.73 Å². The lowest BCUT2D eigenvalue weighted by molar-refractivity contribution is -0.229. The van der Waals surface area contributed by atoms with Crippen LogP contribution in [0, 0.1) is 18.6 Å². The largest absolute Gasteiger partial charge is 0.426 e. The highest BCUT2D eigenvalue weighted by Crippen LogP contribution is 2.48. The number of benzene rings is 1. The van der Waals surface area contributed by atoms with E-state index in [0.29, 0.717) is 0 Å². The summed E-state index contributed by atoms with van der Waals surface area (Å²) in [6.45, 7) is 3.96. The topological polar surface area (TPSA) is 26.0 Å². The number of nitrogen functional groups attached to an aromatic ring is 1. The molecule has 114 valence electrons. The van der Waals surface area contributed by atoms with E-state index in [1.165, 1.54) is 13.8 Å². The second-order valence-corrected chi connectivity index (χ2v) is 5.11. The van der Waals surface area contributed by atoms with Crippen LogP contribution < -0.4 is 5.73 Å². The van der Waals surface area contributed by atoms with Crippen molar-refractivity contribution in [1.82, 2.24) is 0 Å². The van der Waals surface area contributed by atoms with E-state index >= 15 is 0 Å². The predicted molar refractivity (Wildman–Crippen MR) is 64.1 cm³/mol. The van der Waals surface area contributed by atoms with E-state index in [0.717, 1.165) is 6.92 Å². The van der Waals surface area contributed by atoms with Crippen LogP contribution >= 0.6 is 0 Å². The number of hydrogen-bond acceptors (Lipinski definition) is 1. The first kappa shape index (κ1) is 16.7. The number of alkyl halides is 4. The molecule has 0 heterocycles. The van der Waals surface area contributed by atoms with E-state index < -0.39 is 51.8 Å². The van der Waals surface area contributed by atoms with Crippen molar-refractivity contribution in [3.05, 3.63) is 28.3 Å². The maximum Gasteiger partial charge on any atom is 0.426 e. The van der Waals surface area contributed by atoms with Crippen molar-refractivity contribution in [1.29, 1.82) is 0 Å². The van der Waals surface area contributed by atoms with E-state index in [1.54, 1.807) is 0 Å². The van der Waals surface area contributed by atoms with Crippen LogP contribution in [0.25, 0.3) is 0 Å². The van der Waals surface area contributed by atoms with Crippen molar-refractivity contribution in [3.63, 3.8) is 0 Å². The van der Waals surface area contributed by atoms with E-state index in [2.05, 4.69) is 0 Å². The van der Waals surface area contributed by atoms with Crippen molar-refractivity contribution in [2.24, 2.45) is 0 Å². The lowest BCUT2D eigenvalue weighted by Crippen LogP contribution is -2.37. The van der Waals surface area contributed by atoms with Crippen LogP contribution in [0.4, 0.5) is 32.0 Å². The molecule has 2 N–H and O–H groups in total. The second kappa shape index (κ2) is 4.86. The van der Waals surface area contributed by atoms with Crippen LogP contribution in [-0.2, 0) is 5.67 Å². The molecular weight excluding hydrogens is 284 g/mol. The van der Waals surface area contributed by atoms with Crippen molar-refractivity contribution in [2.45, 2.75) is 45.5 Å². The Bertz CT molecular complexity index is 531. The average molecular weight is 299 g/mol. The third-order valence-electron chi connectivity index (χ3n) is 3.26. The average Bonchev–Trinajstić information content (AvgIpc) is 2.28. The fourth-order valence-corrected chi connectivity index (χ4v) is 2.15. The summed E-state index contributed by atoms with van der Waals surface area (Å²) >= 11 is 0. The summed E-state index contributed by atoms with van der Waals surface area (Å²) in [5, 5.41) is 0. The third-order valence-corrected chi connectivity index (χ3v) is 3.26. The van der Waals surface area contributed by atoms with Crippen molar-refractivity contribution < 1.29 is 26.3 Å². The smallest absolute Gasteiger partial charge is 0.394 e. The Labute approximate surface area is 112 Å². The molecule has 1 nitrogen and oxygen atoms in total. The summed E-state index contributed by atoms with van der Waals surface area (Å²) in [7, 11) is 0. The highest BCUT2D eigenvalue weighted by molar-refractivity contribution is 5.55. The molecule has 0 aliphatic heterocycles. The van der Waals surface area contributed by atoms with E-state index in [9.17, 15) is 26.3 Å². The van der Waals surface area contributed by atoms with Crippen LogP contribution in [0.3, 0.4) is 0 Å². The van der Waals surface area contributed by atoms with Gasteiger partial charge in [-0.25, -0.2) is 13.2 Å². The monoisotopic (exact) mass is 299 g/mol. The van der Waals surface area contributed by atoms with Gasteiger partial charge in [0.05, 0.1) is 0 Å². The van der Waals surface area contributed by atoms with Crippen molar-refractivity contribution in [3.8, 4) is 0 Å². The minimum absolute atomic E-state index is 0.246. The molecule has 7 heteroatoms. The van der Waals surface area contributed by atoms with Gasteiger partial charge < -0.3 is 5.73 Å². The van der Waals surface area contributed by atoms with Gasteiger partial charge >= 0.3 is 6.18 Å². The van der Waals surface area contributed by atoms with Crippen LogP contribution in [0.5, 0.6) is 0 Å². The maximum atomic E-state index is 14.2. The SMILES string of the molecule is Cc1c(F)c(N)c(F)c(C(C)C)c1C(C)(F)C(F)(F)F. The summed E-state index contributed by atoms with van der Waals surface area (Å²) in [6.07, 6.45) is -5.30. The Morgan fingerprint density at radius 2 is 1.45 bits per heavy atom. The van der Waals surface area contributed by atoms with Crippen LogP contribution in [0.1, 0.15) is 43.4 Å². The molecule has 0 fully saturated rings. The number of anilines is 1. The Morgan fingerprint density at radius 3 is 1.80 bits per heavy atom. The summed E-state index contributed by atoms with van der Waals surface area (Å²) in [6, 6.07) is 0. The lowest BCUT2D eigenvalue weighted by Gasteiger charge is -2.30. The van der Waals surface area contributed by atoms with Crippen LogP contribution in [0.15, 0.2) is 0 Å². The Morgan fingerprint density at radius 1 is 1.00 bits per heavy atom. The molecule has 0 aliphatic rings. The Kier molecular flexibility index (Phi) is 4.04. The zero-order chi connectivity index (χ0) is 16.0. The molecule has 0 radical (unpaired) electrons.